The molecule has 2 aromatic rings. The van der Waals surface area contributed by atoms with E-state index < -0.39 is 5.31 Å². The molecule has 4 rings (SSSR count). The lowest BCUT2D eigenvalue weighted by atomic mass is 9.72. The monoisotopic (exact) mass is 726 g/mol. The second-order valence-corrected chi connectivity index (χ2v) is 16.2. The van der Waals surface area contributed by atoms with E-state index in [1.54, 1.807) is 6.07 Å². The van der Waals surface area contributed by atoms with Gasteiger partial charge in [0.15, 0.2) is 23.0 Å². The number of nitrogens with zero attached hydrogens (tertiary/aromatic N) is 2. The van der Waals surface area contributed by atoms with Crippen molar-refractivity contribution in [3.63, 3.8) is 0 Å². The first-order valence-electron chi connectivity index (χ1n) is 18.2. The Labute approximate surface area is 311 Å². The van der Waals surface area contributed by atoms with Crippen molar-refractivity contribution in [2.75, 3.05) is 106 Å². The van der Waals surface area contributed by atoms with Crippen molar-refractivity contribution < 1.29 is 47.4 Å². The van der Waals surface area contributed by atoms with E-state index in [-0.39, 0.29) is 16.2 Å². The van der Waals surface area contributed by atoms with Gasteiger partial charge in [0.25, 0.3) is 0 Å². The van der Waals surface area contributed by atoms with Crippen LogP contribution in [0.5, 0.6) is 23.0 Å². The van der Waals surface area contributed by atoms with E-state index in [0.29, 0.717) is 140 Å². The molecule has 0 amide bonds. The summed E-state index contributed by atoms with van der Waals surface area (Å²) in [7, 11) is 6.35. The minimum atomic E-state index is -0.601. The van der Waals surface area contributed by atoms with E-state index in [2.05, 4.69) is 51.8 Å². The highest BCUT2D eigenvalue weighted by Crippen LogP contribution is 2.36. The third-order valence-electron chi connectivity index (χ3n) is 7.92. The molecule has 52 heavy (non-hydrogen) atoms. The third-order valence-corrected chi connectivity index (χ3v) is 7.92. The van der Waals surface area contributed by atoms with Gasteiger partial charge < -0.3 is 47.4 Å². The van der Waals surface area contributed by atoms with Crippen LogP contribution in [0.25, 0.3) is 0 Å². The van der Waals surface area contributed by atoms with Crippen LogP contribution in [0.4, 0.5) is 11.4 Å². The summed E-state index contributed by atoms with van der Waals surface area (Å²) in [4.78, 5) is 0. The first-order valence-corrected chi connectivity index (χ1v) is 18.2. The van der Waals surface area contributed by atoms with E-state index in [0.717, 1.165) is 0 Å². The van der Waals surface area contributed by atoms with Gasteiger partial charge in [-0.05, 0) is 29.6 Å². The number of benzene rings is 2. The largest absolute Gasteiger partial charge is 0.489 e. The first kappa shape index (κ1) is 41.8. The smallest absolute Gasteiger partial charge is 0.163 e. The standard InChI is InChI=1S/C39H59BN2O10/c1-36(2)22-45-14-12-43-16-18-49-34-20-30(8-10-32(34)51-26-37(3,4)24-47-23-36)41-42-31-9-11-33-35(21-31)50-19-17-44-13-15-46-28-39(7,40)29-48-25-38(5,6)27-52-33/h8-11,20-21H,12-19,22-29H2,1-7H3. The summed E-state index contributed by atoms with van der Waals surface area (Å²) >= 11 is 0. The van der Waals surface area contributed by atoms with E-state index in [1.165, 1.54) is 0 Å². The normalized spacial score (nSPS) is 24.7. The van der Waals surface area contributed by atoms with Crippen LogP contribution in [0.15, 0.2) is 46.6 Å². The highest BCUT2D eigenvalue weighted by atomic mass is 16.6. The Hall–Kier alpha value is -2.94. The Bertz CT molecular complexity index is 1300. The third kappa shape index (κ3) is 15.6. The molecule has 2 aromatic carbocycles. The molecule has 1 atom stereocenters. The van der Waals surface area contributed by atoms with Gasteiger partial charge in [-0.1, -0.05) is 48.5 Å². The highest BCUT2D eigenvalue weighted by molar-refractivity contribution is 6.15. The van der Waals surface area contributed by atoms with Crippen LogP contribution in [0.1, 0.15) is 48.5 Å². The van der Waals surface area contributed by atoms with E-state index in [9.17, 15) is 0 Å². The summed E-state index contributed by atoms with van der Waals surface area (Å²) in [6.07, 6.45) is 0. The van der Waals surface area contributed by atoms with Gasteiger partial charge in [0.05, 0.1) is 98.5 Å². The molecule has 0 bridgehead atoms. The van der Waals surface area contributed by atoms with Crippen molar-refractivity contribution >= 4 is 19.2 Å². The average molecular weight is 727 g/mol. The molecule has 0 saturated heterocycles. The number of hydrogen-bond donors (Lipinski definition) is 0. The summed E-state index contributed by atoms with van der Waals surface area (Å²) < 4.78 is 59.8. The number of azo groups is 1. The fraction of sp³-hybridized carbons (Fsp3) is 0.692. The van der Waals surface area contributed by atoms with Gasteiger partial charge >= 0.3 is 0 Å². The van der Waals surface area contributed by atoms with E-state index >= 15 is 0 Å². The molecule has 288 valence electrons. The maximum Gasteiger partial charge on any atom is 0.163 e. The molecule has 13 heteroatoms. The van der Waals surface area contributed by atoms with Crippen molar-refractivity contribution in [2.24, 2.45) is 26.5 Å². The molecule has 1 unspecified atom stereocenters. The molecule has 2 radical (unpaired) electrons. The predicted octanol–water partition coefficient (Wildman–Crippen LogP) is 7.17. The highest BCUT2D eigenvalue weighted by Gasteiger charge is 2.26. The maximum atomic E-state index is 6.35. The lowest BCUT2D eigenvalue weighted by Crippen LogP contribution is -2.32. The molecule has 0 spiro atoms. The first-order chi connectivity index (χ1) is 24.7. The van der Waals surface area contributed by atoms with Gasteiger partial charge in [-0.25, -0.2) is 0 Å². The van der Waals surface area contributed by atoms with Gasteiger partial charge in [0.1, 0.15) is 13.2 Å². The number of fused-ring (bicyclic) bond motifs is 2. The number of rotatable bonds is 2. The lowest BCUT2D eigenvalue weighted by Gasteiger charge is -2.29. The molecular weight excluding hydrogens is 667 g/mol. The summed E-state index contributed by atoms with van der Waals surface area (Å²) in [5.74, 6) is 2.29. The van der Waals surface area contributed by atoms with E-state index in [1.807, 2.05) is 37.3 Å². The summed E-state index contributed by atoms with van der Waals surface area (Å²) in [5.41, 5.74) is 0.566. The average Bonchev–Trinajstić information content (AvgIpc) is 3.07. The van der Waals surface area contributed by atoms with Gasteiger partial charge in [-0.3, -0.25) is 0 Å². The zero-order chi connectivity index (χ0) is 37.5. The zero-order valence-electron chi connectivity index (χ0n) is 32.3. The summed E-state index contributed by atoms with van der Waals surface area (Å²) in [6, 6.07) is 11.0. The minimum absolute atomic E-state index is 0.105. The van der Waals surface area contributed by atoms with Gasteiger partial charge in [-0.15, -0.1) is 0 Å². The van der Waals surface area contributed by atoms with E-state index in [4.69, 9.17) is 55.2 Å². The minimum Gasteiger partial charge on any atom is -0.489 e. The molecule has 0 N–H and O–H groups in total. The molecule has 2 aliphatic rings. The quantitative estimate of drug-likeness (QED) is 0.233. The van der Waals surface area contributed by atoms with Gasteiger partial charge in [0.2, 0.25) is 0 Å². The van der Waals surface area contributed by atoms with Crippen LogP contribution < -0.4 is 18.9 Å². The Morgan fingerprint density at radius 1 is 0.404 bits per heavy atom. The second kappa shape index (κ2) is 19.9. The van der Waals surface area contributed by atoms with Crippen LogP contribution in [0, 0.1) is 16.2 Å². The van der Waals surface area contributed by atoms with Crippen molar-refractivity contribution in [1.82, 2.24) is 0 Å². The van der Waals surface area contributed by atoms with Crippen molar-refractivity contribution in [1.29, 1.82) is 0 Å². The molecule has 2 aliphatic heterocycles. The Morgan fingerprint density at radius 3 is 1.27 bits per heavy atom. The molecule has 2 heterocycles. The van der Waals surface area contributed by atoms with Crippen molar-refractivity contribution in [3.8, 4) is 23.0 Å². The molecule has 0 saturated carbocycles. The predicted molar refractivity (Wildman–Crippen MR) is 199 cm³/mol. The summed E-state index contributed by atoms with van der Waals surface area (Å²) in [5, 5.41) is 8.43. The van der Waals surface area contributed by atoms with Crippen LogP contribution in [0.3, 0.4) is 0 Å². The Morgan fingerprint density at radius 2 is 0.769 bits per heavy atom. The fourth-order valence-electron chi connectivity index (χ4n) is 5.09. The Kier molecular flexibility index (Phi) is 16.0. The number of ether oxygens (including phenoxy) is 10. The van der Waals surface area contributed by atoms with Crippen molar-refractivity contribution in [3.05, 3.63) is 36.4 Å². The SMILES string of the molecule is [B]C1(C)COCCOCCOc2cc(N=Nc3ccc4c(c3)OCCOCCOCC(C)(C)COCC(C)(C)CO4)ccc2OCC(C)(C)COC1. The van der Waals surface area contributed by atoms with Crippen molar-refractivity contribution in [2.45, 2.75) is 53.8 Å². The molecule has 0 aromatic heterocycles. The molecule has 12 nitrogen and oxygen atoms in total. The van der Waals surface area contributed by atoms with Crippen LogP contribution in [-0.2, 0) is 28.4 Å². The lowest BCUT2D eigenvalue weighted by molar-refractivity contribution is -0.0420. The molecule has 0 fully saturated rings. The summed E-state index contributed by atoms with van der Waals surface area (Å²) in [6.45, 7) is 21.6. The molecule has 0 aliphatic carbocycles. The Balaban J connectivity index is 1.47. The topological polar surface area (TPSA) is 117 Å². The van der Waals surface area contributed by atoms with Crippen LogP contribution in [-0.4, -0.2) is 114 Å². The number of hydrogen-bond acceptors (Lipinski definition) is 12. The second-order valence-electron chi connectivity index (χ2n) is 16.2. The fourth-order valence-corrected chi connectivity index (χ4v) is 5.09. The van der Waals surface area contributed by atoms with Gasteiger partial charge in [-0.2, -0.15) is 10.2 Å². The van der Waals surface area contributed by atoms with Gasteiger partial charge in [0, 0.05) is 41.6 Å². The van der Waals surface area contributed by atoms with Crippen LogP contribution >= 0.6 is 0 Å². The van der Waals surface area contributed by atoms with Crippen LogP contribution in [0.2, 0.25) is 5.31 Å². The maximum absolute atomic E-state index is 6.35. The zero-order valence-corrected chi connectivity index (χ0v) is 32.3. The molecular formula is C39H59BN2O10.